The Bertz CT molecular complexity index is 61.5. The van der Waals surface area contributed by atoms with E-state index in [1.165, 1.54) is 0 Å². The Kier molecular flexibility index (Phi) is 4.61. The summed E-state index contributed by atoms with van der Waals surface area (Å²) in [6.07, 6.45) is 2.26. The van der Waals surface area contributed by atoms with Crippen molar-refractivity contribution in [3.05, 3.63) is 12.7 Å². The Hall–Kier alpha value is -0.340. The average Bonchev–Trinajstić information content (AvgIpc) is 1.83. The van der Waals surface area contributed by atoms with Gasteiger partial charge in [-0.3, -0.25) is 0 Å². The van der Waals surface area contributed by atoms with Crippen LogP contribution in [0.3, 0.4) is 0 Å². The van der Waals surface area contributed by atoms with Crippen LogP contribution < -0.4 is 0 Å². The van der Waals surface area contributed by atoms with Gasteiger partial charge in [-0.2, -0.15) is 0 Å². The molecule has 0 heterocycles. The molecule has 2 heteroatoms. The minimum Gasteiger partial charge on any atom is -0.396 e. The van der Waals surface area contributed by atoms with Crippen molar-refractivity contribution in [2.45, 2.75) is 6.42 Å². The lowest BCUT2D eigenvalue weighted by atomic mass is 10.1. The van der Waals surface area contributed by atoms with Crippen molar-refractivity contribution < 1.29 is 10.2 Å². The molecule has 1 atom stereocenters. The highest BCUT2D eigenvalue weighted by atomic mass is 16.3. The average molecular weight is 116 g/mol. The molecule has 0 fully saturated rings. The third-order valence-corrected chi connectivity index (χ3v) is 1.07. The zero-order valence-electron chi connectivity index (χ0n) is 4.88. The van der Waals surface area contributed by atoms with E-state index in [1.54, 1.807) is 6.08 Å². The predicted octanol–water partition coefficient (Wildman–Crippen LogP) is 0.163. The summed E-state index contributed by atoms with van der Waals surface area (Å²) in [4.78, 5) is 0. The number of aliphatic hydroxyl groups excluding tert-OH is 2. The van der Waals surface area contributed by atoms with E-state index in [0.717, 1.165) is 0 Å². The van der Waals surface area contributed by atoms with Gasteiger partial charge in [-0.05, 0) is 6.42 Å². The molecule has 0 rings (SSSR count). The highest BCUT2D eigenvalue weighted by molar-refractivity contribution is 4.77. The minimum absolute atomic E-state index is 0.0694. The number of hydrogen-bond donors (Lipinski definition) is 2. The van der Waals surface area contributed by atoms with Crippen LogP contribution in [0.2, 0.25) is 0 Å². The molecule has 0 aliphatic carbocycles. The van der Waals surface area contributed by atoms with Gasteiger partial charge in [-0.25, -0.2) is 0 Å². The first-order chi connectivity index (χ1) is 3.85. The normalized spacial score (nSPS) is 13.2. The van der Waals surface area contributed by atoms with Gasteiger partial charge >= 0.3 is 0 Å². The van der Waals surface area contributed by atoms with Crippen molar-refractivity contribution in [3.63, 3.8) is 0 Å². The van der Waals surface area contributed by atoms with Crippen LogP contribution in [-0.4, -0.2) is 23.4 Å². The van der Waals surface area contributed by atoms with Gasteiger partial charge in [0.05, 0.1) is 0 Å². The number of rotatable bonds is 4. The van der Waals surface area contributed by atoms with Gasteiger partial charge in [0, 0.05) is 19.1 Å². The fourth-order valence-corrected chi connectivity index (χ4v) is 0.449. The van der Waals surface area contributed by atoms with Crippen molar-refractivity contribution in [2.75, 3.05) is 13.2 Å². The van der Waals surface area contributed by atoms with Crippen molar-refractivity contribution >= 4 is 0 Å². The van der Waals surface area contributed by atoms with Gasteiger partial charge in [-0.1, -0.05) is 6.08 Å². The molecule has 0 unspecified atom stereocenters. The van der Waals surface area contributed by atoms with E-state index >= 15 is 0 Å². The van der Waals surface area contributed by atoms with Gasteiger partial charge in [0.25, 0.3) is 0 Å². The monoisotopic (exact) mass is 116 g/mol. The zero-order valence-corrected chi connectivity index (χ0v) is 4.88. The molecule has 0 aliphatic heterocycles. The van der Waals surface area contributed by atoms with E-state index in [4.69, 9.17) is 10.2 Å². The van der Waals surface area contributed by atoms with Crippen LogP contribution in [0.1, 0.15) is 6.42 Å². The maximum absolute atomic E-state index is 8.47. The van der Waals surface area contributed by atoms with Crippen LogP contribution in [0.25, 0.3) is 0 Å². The molecule has 0 aromatic carbocycles. The van der Waals surface area contributed by atoms with E-state index in [0.29, 0.717) is 6.42 Å². The van der Waals surface area contributed by atoms with Gasteiger partial charge in [0.2, 0.25) is 0 Å². The van der Waals surface area contributed by atoms with E-state index in [9.17, 15) is 0 Å². The molecule has 2 nitrogen and oxygen atoms in total. The lowest BCUT2D eigenvalue weighted by Crippen LogP contribution is -2.03. The number of hydrogen-bond acceptors (Lipinski definition) is 2. The highest BCUT2D eigenvalue weighted by Crippen LogP contribution is 1.99. The van der Waals surface area contributed by atoms with E-state index in [2.05, 4.69) is 6.58 Å². The molecule has 0 bridgehead atoms. The maximum atomic E-state index is 8.47. The van der Waals surface area contributed by atoms with Crippen LogP contribution in [-0.2, 0) is 0 Å². The summed E-state index contributed by atoms with van der Waals surface area (Å²) >= 11 is 0. The molecule has 0 radical (unpaired) electrons. The lowest BCUT2D eigenvalue weighted by Gasteiger charge is -2.03. The molecule has 0 aromatic heterocycles. The number of aliphatic hydroxyl groups is 2. The summed E-state index contributed by atoms with van der Waals surface area (Å²) in [7, 11) is 0. The quantitative estimate of drug-likeness (QED) is 0.514. The summed E-state index contributed by atoms with van der Waals surface area (Å²) in [5, 5.41) is 16.8. The molecule has 0 aliphatic rings. The molecular formula is C6H12O2. The molecule has 0 aromatic rings. The SMILES string of the molecule is C=C[C@@H](CO)CCO. The first-order valence-electron chi connectivity index (χ1n) is 2.69. The Morgan fingerprint density at radius 3 is 2.25 bits per heavy atom. The van der Waals surface area contributed by atoms with Crippen LogP contribution in [0.5, 0.6) is 0 Å². The topological polar surface area (TPSA) is 40.5 Å². The second kappa shape index (κ2) is 4.81. The van der Waals surface area contributed by atoms with Gasteiger partial charge < -0.3 is 10.2 Å². The van der Waals surface area contributed by atoms with Crippen LogP contribution in [0, 0.1) is 5.92 Å². The van der Waals surface area contributed by atoms with E-state index in [-0.39, 0.29) is 19.1 Å². The van der Waals surface area contributed by atoms with Crippen molar-refractivity contribution in [2.24, 2.45) is 5.92 Å². The van der Waals surface area contributed by atoms with E-state index < -0.39 is 0 Å². The second-order valence-corrected chi connectivity index (χ2v) is 1.69. The van der Waals surface area contributed by atoms with Crippen LogP contribution >= 0.6 is 0 Å². The molecule has 0 saturated heterocycles. The second-order valence-electron chi connectivity index (χ2n) is 1.69. The van der Waals surface area contributed by atoms with Crippen LogP contribution in [0.4, 0.5) is 0 Å². The molecule has 0 spiro atoms. The molecule has 0 saturated carbocycles. The first kappa shape index (κ1) is 7.66. The Morgan fingerprint density at radius 2 is 2.12 bits per heavy atom. The maximum Gasteiger partial charge on any atom is 0.0494 e. The first-order valence-corrected chi connectivity index (χ1v) is 2.69. The summed E-state index contributed by atoms with van der Waals surface area (Å²) in [5.74, 6) is 0.0694. The fourth-order valence-electron chi connectivity index (χ4n) is 0.449. The molecular weight excluding hydrogens is 104 g/mol. The van der Waals surface area contributed by atoms with E-state index in [1.807, 2.05) is 0 Å². The summed E-state index contributed by atoms with van der Waals surface area (Å²) in [6, 6.07) is 0. The minimum atomic E-state index is 0.0694. The van der Waals surface area contributed by atoms with Gasteiger partial charge in [0.15, 0.2) is 0 Å². The summed E-state index contributed by atoms with van der Waals surface area (Å²) in [6.45, 7) is 3.69. The van der Waals surface area contributed by atoms with Crippen LogP contribution in [0.15, 0.2) is 12.7 Å². The Labute approximate surface area is 49.5 Å². The standard InChI is InChI=1S/C6H12O2/c1-2-6(5-8)3-4-7/h2,6-8H,1,3-5H2/t6-/m1/s1. The molecule has 2 N–H and O–H groups in total. The molecule has 48 valence electrons. The predicted molar refractivity (Wildman–Crippen MR) is 32.5 cm³/mol. The van der Waals surface area contributed by atoms with Crippen molar-refractivity contribution in [3.8, 4) is 0 Å². The molecule has 8 heavy (non-hydrogen) atoms. The third-order valence-electron chi connectivity index (χ3n) is 1.07. The smallest absolute Gasteiger partial charge is 0.0494 e. The Balaban J connectivity index is 3.21. The zero-order chi connectivity index (χ0) is 6.41. The summed E-state index contributed by atoms with van der Waals surface area (Å²) in [5.41, 5.74) is 0. The summed E-state index contributed by atoms with van der Waals surface area (Å²) < 4.78 is 0. The fraction of sp³-hybridized carbons (Fsp3) is 0.667. The Morgan fingerprint density at radius 1 is 1.50 bits per heavy atom. The molecule has 0 amide bonds. The third kappa shape index (κ3) is 2.77. The van der Waals surface area contributed by atoms with Crippen molar-refractivity contribution in [1.82, 2.24) is 0 Å². The largest absolute Gasteiger partial charge is 0.396 e. The lowest BCUT2D eigenvalue weighted by molar-refractivity contribution is 0.208. The van der Waals surface area contributed by atoms with Gasteiger partial charge in [-0.15, -0.1) is 6.58 Å². The van der Waals surface area contributed by atoms with Gasteiger partial charge in [0.1, 0.15) is 0 Å². The highest BCUT2D eigenvalue weighted by Gasteiger charge is 1.97. The van der Waals surface area contributed by atoms with Crippen molar-refractivity contribution in [1.29, 1.82) is 0 Å².